The van der Waals surface area contributed by atoms with Gasteiger partial charge < -0.3 is 25.3 Å². The molecule has 3 aromatic rings. The quantitative estimate of drug-likeness (QED) is 0.337. The van der Waals surface area contributed by atoms with Crippen molar-refractivity contribution in [3.8, 4) is 0 Å². The highest BCUT2D eigenvalue weighted by atomic mass is 16.3. The summed E-state index contributed by atoms with van der Waals surface area (Å²) >= 11 is 0. The second kappa shape index (κ2) is 12.1. The molecule has 0 aliphatic carbocycles. The summed E-state index contributed by atoms with van der Waals surface area (Å²) in [7, 11) is 0. The lowest BCUT2D eigenvalue weighted by Gasteiger charge is -2.36. The molecule has 0 spiro atoms. The second-order valence-corrected chi connectivity index (χ2v) is 10.8. The van der Waals surface area contributed by atoms with E-state index in [2.05, 4.69) is 11.9 Å². The van der Waals surface area contributed by atoms with E-state index in [1.807, 2.05) is 30.3 Å². The van der Waals surface area contributed by atoms with Crippen LogP contribution in [0.3, 0.4) is 0 Å². The first-order chi connectivity index (χ1) is 20.3. The molecule has 0 saturated heterocycles. The lowest BCUT2D eigenvalue weighted by Crippen LogP contribution is -2.46. The SMILES string of the molecule is C=CCN1C(=O)[C@@](O)([C@@H](C)/C=C/CC(=O)N2Cc3ccccc3C[C@H]2CO)c2cc(NC(=O)c3ccccc3)ccc21. The highest BCUT2D eigenvalue weighted by Gasteiger charge is 2.52. The average molecular weight is 566 g/mol. The third-order valence-corrected chi connectivity index (χ3v) is 8.14. The van der Waals surface area contributed by atoms with E-state index < -0.39 is 17.4 Å². The summed E-state index contributed by atoms with van der Waals surface area (Å²) in [6, 6.07) is 21.4. The first-order valence-corrected chi connectivity index (χ1v) is 14.1. The van der Waals surface area contributed by atoms with Crippen LogP contribution in [0.25, 0.3) is 0 Å². The van der Waals surface area contributed by atoms with Crippen LogP contribution in [0.15, 0.2) is 97.6 Å². The predicted octanol–water partition coefficient (Wildman–Crippen LogP) is 4.19. The van der Waals surface area contributed by atoms with Crippen molar-refractivity contribution in [2.24, 2.45) is 5.92 Å². The topological polar surface area (TPSA) is 110 Å². The maximum atomic E-state index is 13.6. The van der Waals surface area contributed by atoms with Crippen LogP contribution in [-0.2, 0) is 28.2 Å². The van der Waals surface area contributed by atoms with Gasteiger partial charge in [-0.05, 0) is 47.9 Å². The van der Waals surface area contributed by atoms with Gasteiger partial charge in [-0.25, -0.2) is 0 Å². The Morgan fingerprint density at radius 2 is 1.81 bits per heavy atom. The molecule has 0 saturated carbocycles. The van der Waals surface area contributed by atoms with Crippen molar-refractivity contribution in [2.45, 2.75) is 38.0 Å². The molecule has 0 bridgehead atoms. The Hall–Kier alpha value is -4.53. The minimum atomic E-state index is -1.91. The minimum Gasteiger partial charge on any atom is -0.394 e. The van der Waals surface area contributed by atoms with Crippen molar-refractivity contribution in [1.29, 1.82) is 0 Å². The molecule has 0 radical (unpaired) electrons. The number of fused-ring (bicyclic) bond motifs is 2. The standard InChI is InChI=1S/C34H35N3O5/c1-3-18-36-30-17-16-27(35-32(40)24-11-5-4-6-12-24)20-29(30)34(42,33(36)41)23(2)10-9-15-31(39)37-21-26-14-8-7-13-25(26)19-28(37)22-38/h3-14,16-17,20,23,28,38,42H,1,15,18-19,21-22H2,2H3,(H,35,40)/b10-9+/t23-,28-,34+/m0/s1. The number of aliphatic hydroxyl groups is 2. The van der Waals surface area contributed by atoms with Crippen molar-refractivity contribution in [3.63, 3.8) is 0 Å². The van der Waals surface area contributed by atoms with Gasteiger partial charge in [-0.3, -0.25) is 14.4 Å². The van der Waals surface area contributed by atoms with Crippen LogP contribution >= 0.6 is 0 Å². The highest BCUT2D eigenvalue weighted by Crippen LogP contribution is 2.46. The predicted molar refractivity (Wildman–Crippen MR) is 162 cm³/mol. The summed E-state index contributed by atoms with van der Waals surface area (Å²) in [5.41, 5.74) is 2.12. The maximum absolute atomic E-state index is 13.6. The van der Waals surface area contributed by atoms with E-state index in [0.29, 0.717) is 35.5 Å². The summed E-state index contributed by atoms with van der Waals surface area (Å²) in [4.78, 5) is 42.7. The number of amides is 3. The number of anilines is 2. The van der Waals surface area contributed by atoms with Crippen molar-refractivity contribution >= 4 is 29.1 Å². The molecule has 0 aromatic heterocycles. The third-order valence-electron chi connectivity index (χ3n) is 8.14. The van der Waals surface area contributed by atoms with E-state index in [9.17, 15) is 24.6 Å². The number of carbonyl (C=O) groups is 3. The number of nitrogens with one attached hydrogen (secondary N) is 1. The zero-order valence-corrected chi connectivity index (χ0v) is 23.6. The van der Waals surface area contributed by atoms with Gasteiger partial charge in [0, 0.05) is 42.2 Å². The van der Waals surface area contributed by atoms with Crippen LogP contribution in [0, 0.1) is 5.92 Å². The molecule has 216 valence electrons. The Bertz CT molecular complexity index is 1540. The molecule has 2 aliphatic heterocycles. The second-order valence-electron chi connectivity index (χ2n) is 10.8. The molecule has 3 atom stereocenters. The van der Waals surface area contributed by atoms with Crippen molar-refractivity contribution in [3.05, 3.63) is 120 Å². The van der Waals surface area contributed by atoms with Gasteiger partial charge in [0.1, 0.15) is 0 Å². The Balaban J connectivity index is 1.35. The van der Waals surface area contributed by atoms with Gasteiger partial charge in [-0.1, -0.05) is 67.6 Å². The van der Waals surface area contributed by atoms with Gasteiger partial charge in [-0.15, -0.1) is 6.58 Å². The molecule has 2 heterocycles. The number of nitrogens with zero attached hydrogens (tertiary/aromatic N) is 2. The van der Waals surface area contributed by atoms with E-state index in [-0.39, 0.29) is 37.4 Å². The molecule has 3 N–H and O–H groups in total. The third kappa shape index (κ3) is 5.38. The maximum Gasteiger partial charge on any atom is 0.264 e. The van der Waals surface area contributed by atoms with E-state index in [0.717, 1.165) is 11.1 Å². The lowest BCUT2D eigenvalue weighted by molar-refractivity contribution is -0.139. The largest absolute Gasteiger partial charge is 0.394 e. The Kier molecular flexibility index (Phi) is 8.38. The molecule has 3 amide bonds. The number of carbonyl (C=O) groups excluding carboxylic acids is 3. The van der Waals surface area contributed by atoms with Crippen molar-refractivity contribution in [2.75, 3.05) is 23.4 Å². The normalized spacial score (nSPS) is 20.3. The van der Waals surface area contributed by atoms with E-state index in [4.69, 9.17) is 0 Å². The first kappa shape index (κ1) is 29.0. The van der Waals surface area contributed by atoms with Gasteiger partial charge in [0.15, 0.2) is 5.60 Å². The fourth-order valence-electron chi connectivity index (χ4n) is 5.80. The summed E-state index contributed by atoms with van der Waals surface area (Å²) < 4.78 is 0. The molecule has 42 heavy (non-hydrogen) atoms. The fourth-order valence-corrected chi connectivity index (χ4v) is 5.80. The summed E-state index contributed by atoms with van der Waals surface area (Å²) in [5.74, 6) is -1.64. The zero-order valence-electron chi connectivity index (χ0n) is 23.6. The smallest absolute Gasteiger partial charge is 0.264 e. The monoisotopic (exact) mass is 565 g/mol. The van der Waals surface area contributed by atoms with Gasteiger partial charge in [0.25, 0.3) is 11.8 Å². The van der Waals surface area contributed by atoms with Crippen LogP contribution in [0.1, 0.15) is 40.4 Å². The van der Waals surface area contributed by atoms with Crippen LogP contribution in [0.2, 0.25) is 0 Å². The number of aliphatic hydroxyl groups excluding tert-OH is 1. The van der Waals surface area contributed by atoms with Crippen LogP contribution in [0.5, 0.6) is 0 Å². The molecule has 3 aromatic carbocycles. The number of benzene rings is 3. The molecular formula is C34H35N3O5. The van der Waals surface area contributed by atoms with Crippen molar-refractivity contribution < 1.29 is 24.6 Å². The van der Waals surface area contributed by atoms with Gasteiger partial charge in [0.05, 0.1) is 18.3 Å². The summed E-state index contributed by atoms with van der Waals surface area (Å²) in [6.07, 6.45) is 5.59. The fraction of sp³-hybridized carbons (Fsp3) is 0.265. The lowest BCUT2D eigenvalue weighted by atomic mass is 9.82. The highest BCUT2D eigenvalue weighted by molar-refractivity contribution is 6.09. The summed E-state index contributed by atoms with van der Waals surface area (Å²) in [6.45, 7) is 5.97. The Morgan fingerprint density at radius 3 is 2.52 bits per heavy atom. The van der Waals surface area contributed by atoms with E-state index in [1.54, 1.807) is 72.5 Å². The molecule has 5 rings (SSSR count). The molecule has 0 unspecified atom stereocenters. The number of hydrogen-bond acceptors (Lipinski definition) is 5. The van der Waals surface area contributed by atoms with E-state index in [1.165, 1.54) is 4.90 Å². The minimum absolute atomic E-state index is 0.0592. The number of hydrogen-bond donors (Lipinski definition) is 3. The Morgan fingerprint density at radius 1 is 1.10 bits per heavy atom. The van der Waals surface area contributed by atoms with Crippen LogP contribution < -0.4 is 10.2 Å². The molecule has 2 aliphatic rings. The van der Waals surface area contributed by atoms with E-state index >= 15 is 0 Å². The Labute approximate surface area is 245 Å². The average Bonchev–Trinajstić information content (AvgIpc) is 3.23. The number of rotatable bonds is 9. The zero-order chi connectivity index (χ0) is 29.9. The van der Waals surface area contributed by atoms with Crippen molar-refractivity contribution in [1.82, 2.24) is 4.90 Å². The van der Waals surface area contributed by atoms with Gasteiger partial charge in [0.2, 0.25) is 5.91 Å². The molecule has 0 fully saturated rings. The molecular weight excluding hydrogens is 530 g/mol. The van der Waals surface area contributed by atoms with Gasteiger partial charge >= 0.3 is 0 Å². The van der Waals surface area contributed by atoms with Crippen LogP contribution in [0.4, 0.5) is 11.4 Å². The first-order valence-electron chi connectivity index (χ1n) is 14.1. The van der Waals surface area contributed by atoms with Crippen LogP contribution in [-0.4, -0.2) is 52.0 Å². The van der Waals surface area contributed by atoms with Gasteiger partial charge in [-0.2, -0.15) is 0 Å². The molecule has 8 heteroatoms. The molecule has 8 nitrogen and oxygen atoms in total. The summed E-state index contributed by atoms with van der Waals surface area (Å²) in [5, 5.41) is 24.7.